The van der Waals surface area contributed by atoms with E-state index in [-0.39, 0.29) is 18.9 Å². The summed E-state index contributed by atoms with van der Waals surface area (Å²) in [5, 5.41) is 85.5. The Morgan fingerprint density at radius 1 is 0.841 bits per heavy atom. The molecule has 0 aromatic carbocycles. The van der Waals surface area contributed by atoms with E-state index in [1.165, 1.54) is 64.2 Å². The zero-order valence-electron chi connectivity index (χ0n) is 25.7. The number of hydrogen-bond acceptors (Lipinski definition) is 15. The molecule has 262 valence electrons. The van der Waals surface area contributed by atoms with Crippen molar-refractivity contribution in [1.29, 1.82) is 0 Å². The standard InChI is InChI=1S/C28H55NO14S/c1-2-3-4-5-6-7-8-9-10-11-12-13-14-15-16-29-27(37)24(35)23(34)26(19(31)18-39-44-43-42-38)41-28-25(36)22(33)21(32)20(17-30)40-28/h19-26,28,30-36,38H,2-18H2,1H3,(H,29,37)/t19-,20?,21-,22+,23-,24-,25?,26-,28-/m1/s1. The van der Waals surface area contributed by atoms with E-state index in [4.69, 9.17) is 18.9 Å². The molecule has 1 aliphatic rings. The molecule has 2 unspecified atom stereocenters. The van der Waals surface area contributed by atoms with Gasteiger partial charge in [0, 0.05) is 6.54 Å². The van der Waals surface area contributed by atoms with E-state index in [2.05, 4.69) is 21.6 Å². The average Bonchev–Trinajstić information content (AvgIpc) is 3.02. The van der Waals surface area contributed by atoms with Gasteiger partial charge in [-0.3, -0.25) is 8.98 Å². The van der Waals surface area contributed by atoms with Crippen molar-refractivity contribution in [2.75, 3.05) is 19.8 Å². The summed E-state index contributed by atoms with van der Waals surface area (Å²) in [4.78, 5) is 12.5. The number of carbonyl (C=O) groups excluding carboxylic acids is 1. The van der Waals surface area contributed by atoms with Crippen LogP contribution in [0.5, 0.6) is 0 Å². The molecule has 0 saturated carbocycles. The molecule has 15 nitrogen and oxygen atoms in total. The first kappa shape index (κ1) is 41.3. The van der Waals surface area contributed by atoms with E-state index in [1.54, 1.807) is 0 Å². The normalized spacial score (nSPS) is 25.0. The smallest absolute Gasteiger partial charge is 0.251 e. The molecule has 1 saturated heterocycles. The third kappa shape index (κ3) is 16.2. The Morgan fingerprint density at radius 3 is 1.91 bits per heavy atom. The van der Waals surface area contributed by atoms with Crippen molar-refractivity contribution < 1.29 is 68.8 Å². The van der Waals surface area contributed by atoms with Crippen molar-refractivity contribution in [1.82, 2.24) is 5.32 Å². The summed E-state index contributed by atoms with van der Waals surface area (Å²) in [6.45, 7) is 1.05. The number of hydrogen-bond donors (Lipinski definition) is 9. The molecule has 0 aromatic rings. The maximum absolute atomic E-state index is 12.5. The Bertz CT molecular complexity index is 711. The van der Waals surface area contributed by atoms with Gasteiger partial charge in [-0.1, -0.05) is 95.4 Å². The summed E-state index contributed by atoms with van der Waals surface area (Å²) in [5.41, 5.74) is 0. The van der Waals surface area contributed by atoms with Crippen molar-refractivity contribution in [2.24, 2.45) is 0 Å². The van der Waals surface area contributed by atoms with Crippen molar-refractivity contribution in [3.63, 3.8) is 0 Å². The number of rotatable bonds is 27. The largest absolute Gasteiger partial charge is 0.394 e. The fraction of sp³-hybridized carbons (Fsp3) is 0.964. The number of aliphatic hydroxyl groups is 7. The molecule has 9 atom stereocenters. The fourth-order valence-electron chi connectivity index (χ4n) is 4.93. The SMILES string of the molecule is CCCCCCCCCCCCCCCCNC(=O)[C@H](O)[C@@H](O)[C@H](O[C@H]1OC(CO)[C@@H](O)[C@H](O)C1O)[C@H](O)COSOOO. The number of nitrogens with one attached hydrogen (secondary N) is 1. The number of amides is 1. The molecule has 1 fully saturated rings. The Morgan fingerprint density at radius 2 is 1.39 bits per heavy atom. The van der Waals surface area contributed by atoms with E-state index >= 15 is 0 Å². The molecular weight excluding hydrogens is 606 g/mol. The number of carbonyl (C=O) groups is 1. The van der Waals surface area contributed by atoms with Crippen LogP contribution in [0.4, 0.5) is 0 Å². The van der Waals surface area contributed by atoms with Crippen LogP contribution in [0.25, 0.3) is 0 Å². The molecule has 1 amide bonds. The highest BCUT2D eigenvalue weighted by Gasteiger charge is 2.47. The van der Waals surface area contributed by atoms with Crippen LogP contribution in [0, 0.1) is 0 Å². The Kier molecular flexibility index (Phi) is 23.9. The third-order valence-corrected chi connectivity index (χ3v) is 7.97. The molecule has 0 spiro atoms. The second-order valence-corrected chi connectivity index (χ2v) is 11.7. The van der Waals surface area contributed by atoms with Crippen molar-refractivity contribution in [3.05, 3.63) is 0 Å². The predicted octanol–water partition coefficient (Wildman–Crippen LogP) is 0.853. The number of ether oxygens (including phenoxy) is 2. The topological polar surface area (TPSA) is 237 Å². The highest BCUT2D eigenvalue weighted by molar-refractivity contribution is 7.89. The predicted molar refractivity (Wildman–Crippen MR) is 158 cm³/mol. The maximum atomic E-state index is 12.5. The summed E-state index contributed by atoms with van der Waals surface area (Å²) >= 11 is 0.106. The van der Waals surface area contributed by atoms with E-state index in [0.29, 0.717) is 6.42 Å². The molecule has 1 heterocycles. The molecule has 0 bridgehead atoms. The van der Waals surface area contributed by atoms with Gasteiger partial charge in [-0.15, -0.1) is 4.33 Å². The average molecular weight is 662 g/mol. The third-order valence-electron chi connectivity index (χ3n) is 7.62. The van der Waals surface area contributed by atoms with E-state index in [1.807, 2.05) is 0 Å². The first-order valence-electron chi connectivity index (χ1n) is 15.7. The zero-order chi connectivity index (χ0) is 32.7. The summed E-state index contributed by atoms with van der Waals surface area (Å²) in [7, 11) is 0. The van der Waals surface area contributed by atoms with Gasteiger partial charge in [-0.2, -0.15) is 0 Å². The summed E-state index contributed by atoms with van der Waals surface area (Å²) in [6.07, 6.45) is 0.170. The summed E-state index contributed by atoms with van der Waals surface area (Å²) < 4.78 is 19.5. The lowest BCUT2D eigenvalue weighted by molar-refractivity contribution is -0.434. The van der Waals surface area contributed by atoms with Gasteiger partial charge in [-0.05, 0) is 6.42 Å². The van der Waals surface area contributed by atoms with Gasteiger partial charge >= 0.3 is 0 Å². The summed E-state index contributed by atoms with van der Waals surface area (Å²) in [5.74, 6) is -0.936. The second-order valence-electron chi connectivity index (χ2n) is 11.2. The van der Waals surface area contributed by atoms with Crippen LogP contribution >= 0.6 is 12.3 Å². The minimum atomic E-state index is -2.09. The Labute approximate surface area is 264 Å². The van der Waals surface area contributed by atoms with Crippen LogP contribution in [-0.2, 0) is 27.8 Å². The van der Waals surface area contributed by atoms with E-state index in [9.17, 15) is 40.5 Å². The molecule has 16 heteroatoms. The van der Waals surface area contributed by atoms with Gasteiger partial charge in [-0.25, -0.2) is 5.26 Å². The molecular formula is C28H55NO14S. The first-order valence-corrected chi connectivity index (χ1v) is 16.4. The number of aliphatic hydroxyl groups excluding tert-OH is 7. The molecule has 1 aliphatic heterocycles. The van der Waals surface area contributed by atoms with Crippen LogP contribution in [0.3, 0.4) is 0 Å². The van der Waals surface area contributed by atoms with Crippen LogP contribution in [0.2, 0.25) is 0 Å². The quantitative estimate of drug-likeness (QED) is 0.0257. The van der Waals surface area contributed by atoms with Crippen molar-refractivity contribution in [3.8, 4) is 0 Å². The lowest BCUT2D eigenvalue weighted by Crippen LogP contribution is -2.62. The van der Waals surface area contributed by atoms with Crippen molar-refractivity contribution in [2.45, 2.75) is 152 Å². The minimum absolute atomic E-state index is 0.106. The zero-order valence-corrected chi connectivity index (χ0v) is 26.5. The van der Waals surface area contributed by atoms with E-state index in [0.717, 1.165) is 19.3 Å². The van der Waals surface area contributed by atoms with Gasteiger partial charge in [0.05, 0.1) is 13.2 Å². The van der Waals surface area contributed by atoms with Crippen molar-refractivity contribution >= 4 is 18.2 Å². The Balaban J connectivity index is 2.47. The number of unbranched alkanes of at least 4 members (excludes halogenated alkanes) is 13. The van der Waals surface area contributed by atoms with Gasteiger partial charge in [0.2, 0.25) is 0 Å². The monoisotopic (exact) mass is 661 g/mol. The lowest BCUT2D eigenvalue weighted by Gasteiger charge is -2.42. The minimum Gasteiger partial charge on any atom is -0.394 e. The summed E-state index contributed by atoms with van der Waals surface area (Å²) in [6, 6.07) is 0. The van der Waals surface area contributed by atoms with Crippen LogP contribution in [0.1, 0.15) is 96.8 Å². The van der Waals surface area contributed by atoms with Crippen LogP contribution < -0.4 is 5.32 Å². The molecule has 44 heavy (non-hydrogen) atoms. The highest BCUT2D eigenvalue weighted by Crippen LogP contribution is 2.25. The highest BCUT2D eigenvalue weighted by atomic mass is 32.2. The van der Waals surface area contributed by atoms with Gasteiger partial charge < -0.3 is 50.5 Å². The Hall–Kier alpha value is -0.700. The first-order chi connectivity index (χ1) is 21.2. The second kappa shape index (κ2) is 25.4. The van der Waals surface area contributed by atoms with E-state index < -0.39 is 74.2 Å². The van der Waals surface area contributed by atoms with Crippen LogP contribution in [-0.4, -0.2) is 122 Å². The molecule has 9 N–H and O–H groups in total. The van der Waals surface area contributed by atoms with Gasteiger partial charge in [0.15, 0.2) is 24.7 Å². The van der Waals surface area contributed by atoms with Crippen LogP contribution in [0.15, 0.2) is 0 Å². The van der Waals surface area contributed by atoms with Gasteiger partial charge in [0.1, 0.15) is 42.7 Å². The molecule has 0 radical (unpaired) electrons. The molecule has 1 rings (SSSR count). The molecule has 0 aliphatic carbocycles. The maximum Gasteiger partial charge on any atom is 0.251 e. The lowest BCUT2D eigenvalue weighted by atomic mass is 9.98. The van der Waals surface area contributed by atoms with Gasteiger partial charge in [0.25, 0.3) is 5.91 Å². The molecule has 0 aromatic heterocycles. The fourth-order valence-corrected chi connectivity index (χ4v) is 5.19.